The number of hydrogen-bond donors (Lipinski definition) is 1. The van der Waals surface area contributed by atoms with Crippen molar-refractivity contribution in [1.29, 1.82) is 0 Å². The van der Waals surface area contributed by atoms with Crippen molar-refractivity contribution >= 4 is 0 Å². The minimum absolute atomic E-state index is 0.0448. The molecule has 2 unspecified atom stereocenters. The zero-order chi connectivity index (χ0) is 11.7. The predicted molar refractivity (Wildman–Crippen MR) is 49.4 cm³/mol. The molecule has 1 aromatic rings. The molecular weight excluding hydrogens is 221 g/mol. The third-order valence-corrected chi connectivity index (χ3v) is 2.20. The highest BCUT2D eigenvalue weighted by Gasteiger charge is 2.31. The maximum absolute atomic E-state index is 12.9. The third-order valence-electron chi connectivity index (χ3n) is 2.20. The van der Waals surface area contributed by atoms with Crippen LogP contribution >= 0.6 is 0 Å². The lowest BCUT2D eigenvalue weighted by atomic mass is 10.1. The van der Waals surface area contributed by atoms with Gasteiger partial charge in [0.05, 0.1) is 4.92 Å². The van der Waals surface area contributed by atoms with Crippen LogP contribution in [-0.2, 0) is 0 Å². The van der Waals surface area contributed by atoms with E-state index in [2.05, 4.69) is 0 Å². The van der Waals surface area contributed by atoms with Gasteiger partial charge in [-0.15, -0.1) is 0 Å². The summed E-state index contributed by atoms with van der Waals surface area (Å²) in [6.45, 7) is 0.0448. The molecule has 0 saturated carbocycles. The molecular formula is C9H8FNO5. The predicted octanol–water partition coefficient (Wildman–Crippen LogP) is 1.02. The molecule has 1 aromatic carbocycles. The molecule has 2 atom stereocenters. The Bertz CT molecular complexity index is 424. The first-order valence-electron chi connectivity index (χ1n) is 4.45. The lowest BCUT2D eigenvalue weighted by molar-refractivity contribution is -0.567. The third kappa shape index (κ3) is 1.76. The summed E-state index contributed by atoms with van der Waals surface area (Å²) in [5.74, 6) is 0.805. The minimum atomic E-state index is -2.56. The van der Waals surface area contributed by atoms with Crippen LogP contribution < -0.4 is 9.47 Å². The number of nitrogens with zero attached hydrogens (tertiary/aromatic N) is 1. The van der Waals surface area contributed by atoms with Gasteiger partial charge in [0, 0.05) is 0 Å². The summed E-state index contributed by atoms with van der Waals surface area (Å²) in [7, 11) is 0. The van der Waals surface area contributed by atoms with Gasteiger partial charge in [-0.2, -0.15) is 4.39 Å². The first-order valence-corrected chi connectivity index (χ1v) is 4.45. The molecule has 2 rings (SSSR count). The number of alkyl halides is 1. The van der Waals surface area contributed by atoms with Crippen LogP contribution in [0.1, 0.15) is 11.7 Å². The number of ether oxygens (including phenoxy) is 2. The van der Waals surface area contributed by atoms with Gasteiger partial charge in [0.25, 0.3) is 0 Å². The Hall–Kier alpha value is -1.89. The van der Waals surface area contributed by atoms with Crippen molar-refractivity contribution in [2.45, 2.75) is 12.4 Å². The molecule has 1 N–H and O–H groups in total. The SMILES string of the molecule is O=[N+]([O-])C(F)C(O)c1ccc2c(c1)OCO2. The van der Waals surface area contributed by atoms with E-state index in [1.54, 1.807) is 0 Å². The number of fused-ring (bicyclic) bond motifs is 1. The molecule has 1 aliphatic heterocycles. The largest absolute Gasteiger partial charge is 0.454 e. The van der Waals surface area contributed by atoms with Crippen LogP contribution in [0.25, 0.3) is 0 Å². The normalized spacial score (nSPS) is 16.9. The van der Waals surface area contributed by atoms with Gasteiger partial charge in [-0.1, -0.05) is 6.07 Å². The van der Waals surface area contributed by atoms with Crippen molar-refractivity contribution in [2.75, 3.05) is 6.79 Å². The van der Waals surface area contributed by atoms with E-state index in [1.165, 1.54) is 18.2 Å². The summed E-state index contributed by atoms with van der Waals surface area (Å²) in [6, 6.07) is 4.14. The number of benzene rings is 1. The number of nitro groups is 1. The smallest absolute Gasteiger partial charge is 0.379 e. The average molecular weight is 229 g/mol. The molecule has 86 valence electrons. The summed E-state index contributed by atoms with van der Waals surface area (Å²) >= 11 is 0. The van der Waals surface area contributed by atoms with Crippen LogP contribution in [0, 0.1) is 10.1 Å². The second-order valence-electron chi connectivity index (χ2n) is 3.22. The fourth-order valence-corrected chi connectivity index (χ4v) is 1.37. The van der Waals surface area contributed by atoms with Gasteiger partial charge in [0.15, 0.2) is 17.6 Å². The number of aliphatic hydroxyl groups excluding tert-OH is 1. The van der Waals surface area contributed by atoms with Gasteiger partial charge >= 0.3 is 6.30 Å². The molecule has 0 fully saturated rings. The second kappa shape index (κ2) is 3.93. The summed E-state index contributed by atoms with van der Waals surface area (Å²) in [5, 5.41) is 19.5. The lowest BCUT2D eigenvalue weighted by Gasteiger charge is -2.10. The first-order chi connectivity index (χ1) is 7.59. The molecule has 0 amide bonds. The van der Waals surface area contributed by atoms with Crippen LogP contribution in [0.3, 0.4) is 0 Å². The van der Waals surface area contributed by atoms with Crippen molar-refractivity contribution < 1.29 is 23.9 Å². The van der Waals surface area contributed by atoms with E-state index < -0.39 is 17.3 Å². The fourth-order valence-electron chi connectivity index (χ4n) is 1.37. The maximum Gasteiger partial charge on any atom is 0.379 e. The van der Waals surface area contributed by atoms with Gasteiger partial charge in [0.1, 0.15) is 0 Å². The topological polar surface area (TPSA) is 81.8 Å². The molecule has 0 aromatic heterocycles. The van der Waals surface area contributed by atoms with E-state index in [-0.39, 0.29) is 12.4 Å². The Morgan fingerprint density at radius 1 is 1.44 bits per heavy atom. The number of halogens is 1. The van der Waals surface area contributed by atoms with E-state index in [4.69, 9.17) is 9.47 Å². The van der Waals surface area contributed by atoms with Gasteiger partial charge in [-0.05, 0) is 17.7 Å². The Morgan fingerprint density at radius 2 is 2.12 bits per heavy atom. The van der Waals surface area contributed by atoms with Crippen molar-refractivity contribution in [3.8, 4) is 11.5 Å². The summed E-state index contributed by atoms with van der Waals surface area (Å²) in [5.41, 5.74) is 0.0773. The van der Waals surface area contributed by atoms with Crippen LogP contribution in [-0.4, -0.2) is 23.1 Å². The van der Waals surface area contributed by atoms with Crippen molar-refractivity contribution in [1.82, 2.24) is 0 Å². The Labute approximate surface area is 89.4 Å². The summed E-state index contributed by atoms with van der Waals surface area (Å²) in [6.07, 6.45) is -4.37. The van der Waals surface area contributed by atoms with Gasteiger partial charge in [-0.3, -0.25) is 10.1 Å². The molecule has 1 heterocycles. The van der Waals surface area contributed by atoms with E-state index >= 15 is 0 Å². The van der Waals surface area contributed by atoms with Gasteiger partial charge in [0.2, 0.25) is 6.79 Å². The zero-order valence-corrected chi connectivity index (χ0v) is 8.00. The van der Waals surface area contributed by atoms with Crippen molar-refractivity contribution in [3.63, 3.8) is 0 Å². The number of aliphatic hydroxyl groups is 1. The Balaban J connectivity index is 2.24. The molecule has 0 saturated heterocycles. The number of hydrogen-bond acceptors (Lipinski definition) is 5. The van der Waals surface area contributed by atoms with E-state index in [0.29, 0.717) is 11.5 Å². The van der Waals surface area contributed by atoms with Crippen LogP contribution in [0.4, 0.5) is 4.39 Å². The Morgan fingerprint density at radius 3 is 2.81 bits per heavy atom. The number of rotatable bonds is 3. The van der Waals surface area contributed by atoms with E-state index in [0.717, 1.165) is 0 Å². The standard InChI is InChI=1S/C9H8FNO5/c10-9(11(13)14)8(12)5-1-2-6-7(3-5)16-4-15-6/h1-3,8-9,12H,4H2. The molecule has 0 spiro atoms. The molecule has 6 nitrogen and oxygen atoms in total. The fraction of sp³-hybridized carbons (Fsp3) is 0.333. The van der Waals surface area contributed by atoms with E-state index in [1.807, 2.05) is 0 Å². The zero-order valence-electron chi connectivity index (χ0n) is 8.00. The van der Waals surface area contributed by atoms with E-state index in [9.17, 15) is 19.6 Å². The van der Waals surface area contributed by atoms with Crippen molar-refractivity contribution in [3.05, 3.63) is 33.9 Å². The maximum atomic E-state index is 12.9. The molecule has 0 aliphatic carbocycles. The highest BCUT2D eigenvalue weighted by molar-refractivity contribution is 5.45. The average Bonchev–Trinajstić information content (AvgIpc) is 2.73. The van der Waals surface area contributed by atoms with Crippen LogP contribution in [0.2, 0.25) is 0 Å². The lowest BCUT2D eigenvalue weighted by Crippen LogP contribution is -2.22. The van der Waals surface area contributed by atoms with Crippen molar-refractivity contribution in [2.24, 2.45) is 0 Å². The summed E-state index contributed by atoms with van der Waals surface area (Å²) in [4.78, 5) is 8.98. The molecule has 0 bridgehead atoms. The monoisotopic (exact) mass is 229 g/mol. The summed E-state index contributed by atoms with van der Waals surface area (Å²) < 4.78 is 22.9. The second-order valence-corrected chi connectivity index (χ2v) is 3.22. The van der Waals surface area contributed by atoms with Gasteiger partial charge < -0.3 is 14.6 Å². The molecule has 16 heavy (non-hydrogen) atoms. The molecule has 0 radical (unpaired) electrons. The molecule has 7 heteroatoms. The first kappa shape index (κ1) is 10.6. The molecule has 1 aliphatic rings. The van der Waals surface area contributed by atoms with Crippen LogP contribution in [0.15, 0.2) is 18.2 Å². The van der Waals surface area contributed by atoms with Crippen LogP contribution in [0.5, 0.6) is 11.5 Å². The highest BCUT2D eigenvalue weighted by Crippen LogP contribution is 2.35. The quantitative estimate of drug-likeness (QED) is 0.475. The van der Waals surface area contributed by atoms with Gasteiger partial charge in [-0.25, -0.2) is 0 Å². The minimum Gasteiger partial charge on any atom is -0.454 e. The Kier molecular flexibility index (Phi) is 2.61. The highest BCUT2D eigenvalue weighted by atomic mass is 19.1.